The molecule has 0 saturated carbocycles. The van der Waals surface area contributed by atoms with Gasteiger partial charge in [0.15, 0.2) is 0 Å². The highest BCUT2D eigenvalue weighted by molar-refractivity contribution is 6.00. The second-order valence-corrected chi connectivity index (χ2v) is 4.49. The monoisotopic (exact) mass is 212 g/mol. The molecule has 4 nitrogen and oxygen atoms in total. The van der Waals surface area contributed by atoms with Crippen molar-refractivity contribution < 1.29 is 9.59 Å². The standard InChI is InChI=1S/C11H20N2O2/c1-9(4-6-12(2)3)13-7-5-10(14)8-11(13)15/h9H,4-8H2,1-3H3. The van der Waals surface area contributed by atoms with Gasteiger partial charge in [-0.1, -0.05) is 0 Å². The first-order valence-corrected chi connectivity index (χ1v) is 5.46. The number of piperidine rings is 1. The van der Waals surface area contributed by atoms with Crippen LogP contribution in [0, 0.1) is 0 Å². The maximum atomic E-state index is 11.6. The maximum absolute atomic E-state index is 11.6. The summed E-state index contributed by atoms with van der Waals surface area (Å²) in [5.74, 6) is 0.0774. The second kappa shape index (κ2) is 5.26. The van der Waals surface area contributed by atoms with E-state index in [0.29, 0.717) is 13.0 Å². The molecule has 1 aliphatic rings. The van der Waals surface area contributed by atoms with Crippen LogP contribution in [0.25, 0.3) is 0 Å². The number of Topliss-reactive ketones (excluding diaryl/α,β-unsaturated/α-hetero) is 1. The van der Waals surface area contributed by atoms with Crippen LogP contribution in [0.5, 0.6) is 0 Å². The lowest BCUT2D eigenvalue weighted by atomic mass is 10.1. The molecule has 0 aromatic heterocycles. The number of rotatable bonds is 4. The van der Waals surface area contributed by atoms with Crippen molar-refractivity contribution >= 4 is 11.7 Å². The third kappa shape index (κ3) is 3.63. The Morgan fingerprint density at radius 3 is 2.60 bits per heavy atom. The van der Waals surface area contributed by atoms with Gasteiger partial charge in [-0.15, -0.1) is 0 Å². The predicted octanol–water partition coefficient (Wildman–Crippen LogP) is 0.518. The van der Waals surface area contributed by atoms with Gasteiger partial charge in [-0.2, -0.15) is 0 Å². The number of carbonyl (C=O) groups is 2. The van der Waals surface area contributed by atoms with Gasteiger partial charge in [-0.05, 0) is 34.0 Å². The lowest BCUT2D eigenvalue weighted by Gasteiger charge is -2.32. The van der Waals surface area contributed by atoms with Crippen molar-refractivity contribution in [3.8, 4) is 0 Å². The number of carbonyl (C=O) groups excluding carboxylic acids is 2. The molecule has 1 atom stereocenters. The second-order valence-electron chi connectivity index (χ2n) is 4.49. The van der Waals surface area contributed by atoms with E-state index in [1.807, 2.05) is 19.0 Å². The molecule has 0 spiro atoms. The van der Waals surface area contributed by atoms with E-state index >= 15 is 0 Å². The third-order valence-electron chi connectivity index (χ3n) is 2.83. The molecule has 1 amide bonds. The van der Waals surface area contributed by atoms with E-state index in [0.717, 1.165) is 13.0 Å². The van der Waals surface area contributed by atoms with Crippen molar-refractivity contribution in [2.45, 2.75) is 32.2 Å². The first-order chi connectivity index (χ1) is 7.00. The highest BCUT2D eigenvalue weighted by Gasteiger charge is 2.26. The van der Waals surface area contributed by atoms with Crippen LogP contribution >= 0.6 is 0 Å². The Kier molecular flexibility index (Phi) is 4.27. The van der Waals surface area contributed by atoms with Gasteiger partial charge in [-0.25, -0.2) is 0 Å². The Morgan fingerprint density at radius 1 is 1.40 bits per heavy atom. The van der Waals surface area contributed by atoms with Crippen molar-refractivity contribution in [1.82, 2.24) is 9.80 Å². The Hall–Kier alpha value is -0.900. The minimum Gasteiger partial charge on any atom is -0.339 e. The van der Waals surface area contributed by atoms with Gasteiger partial charge in [0.1, 0.15) is 5.78 Å². The van der Waals surface area contributed by atoms with E-state index < -0.39 is 0 Å². The van der Waals surface area contributed by atoms with Crippen molar-refractivity contribution in [3.05, 3.63) is 0 Å². The zero-order chi connectivity index (χ0) is 11.4. The molecule has 1 rings (SSSR count). The molecular weight excluding hydrogens is 192 g/mol. The minimum absolute atomic E-state index is 0.00231. The van der Waals surface area contributed by atoms with E-state index in [1.165, 1.54) is 0 Å². The van der Waals surface area contributed by atoms with Crippen LogP contribution < -0.4 is 0 Å². The molecule has 1 saturated heterocycles. The Labute approximate surface area is 91.2 Å². The maximum Gasteiger partial charge on any atom is 0.230 e. The number of hydrogen-bond donors (Lipinski definition) is 0. The molecule has 1 heterocycles. The molecule has 1 aliphatic heterocycles. The quantitative estimate of drug-likeness (QED) is 0.638. The first kappa shape index (κ1) is 12.2. The molecule has 0 aromatic carbocycles. The van der Waals surface area contributed by atoms with Crippen LogP contribution in [0.2, 0.25) is 0 Å². The molecule has 0 N–H and O–H groups in total. The van der Waals surface area contributed by atoms with Gasteiger partial charge in [0.2, 0.25) is 5.91 Å². The van der Waals surface area contributed by atoms with E-state index in [-0.39, 0.29) is 24.2 Å². The SMILES string of the molecule is CC(CCN(C)C)N1CCC(=O)CC1=O. The number of hydrogen-bond acceptors (Lipinski definition) is 3. The zero-order valence-electron chi connectivity index (χ0n) is 9.82. The van der Waals surface area contributed by atoms with Gasteiger partial charge in [0.25, 0.3) is 0 Å². The summed E-state index contributed by atoms with van der Waals surface area (Å²) < 4.78 is 0. The smallest absolute Gasteiger partial charge is 0.230 e. The molecule has 1 unspecified atom stereocenters. The fraction of sp³-hybridized carbons (Fsp3) is 0.818. The lowest BCUT2D eigenvalue weighted by Crippen LogP contribution is -2.45. The van der Waals surface area contributed by atoms with Gasteiger partial charge >= 0.3 is 0 Å². The van der Waals surface area contributed by atoms with Gasteiger partial charge in [0, 0.05) is 19.0 Å². The van der Waals surface area contributed by atoms with Crippen molar-refractivity contribution in [2.75, 3.05) is 27.2 Å². The summed E-state index contributed by atoms with van der Waals surface area (Å²) in [5.41, 5.74) is 0. The summed E-state index contributed by atoms with van der Waals surface area (Å²) in [5, 5.41) is 0. The predicted molar refractivity (Wildman–Crippen MR) is 58.6 cm³/mol. The summed E-state index contributed by atoms with van der Waals surface area (Å²) in [6, 6.07) is 0.244. The molecule has 4 heteroatoms. The number of likely N-dealkylation sites (tertiary alicyclic amines) is 1. The lowest BCUT2D eigenvalue weighted by molar-refractivity contribution is -0.141. The summed E-state index contributed by atoms with van der Waals surface area (Å²) in [7, 11) is 4.04. The van der Waals surface area contributed by atoms with Crippen LogP contribution in [0.3, 0.4) is 0 Å². The summed E-state index contributed by atoms with van der Waals surface area (Å²) >= 11 is 0. The van der Waals surface area contributed by atoms with Crippen LogP contribution in [-0.2, 0) is 9.59 Å². The van der Waals surface area contributed by atoms with E-state index in [9.17, 15) is 9.59 Å². The Bertz CT molecular complexity index is 251. The summed E-state index contributed by atoms with van der Waals surface area (Å²) in [6.45, 7) is 3.63. The molecule has 0 bridgehead atoms. The molecule has 86 valence electrons. The van der Waals surface area contributed by atoms with Gasteiger partial charge in [0.05, 0.1) is 6.42 Å². The fourth-order valence-electron chi connectivity index (χ4n) is 1.80. The minimum atomic E-state index is -0.00231. The largest absolute Gasteiger partial charge is 0.339 e. The molecule has 0 aromatic rings. The molecular formula is C11H20N2O2. The number of amides is 1. The van der Waals surface area contributed by atoms with E-state index in [4.69, 9.17) is 0 Å². The number of ketones is 1. The Morgan fingerprint density at radius 2 is 2.07 bits per heavy atom. The summed E-state index contributed by atoms with van der Waals surface area (Å²) in [4.78, 5) is 26.6. The van der Waals surface area contributed by atoms with Crippen molar-refractivity contribution in [2.24, 2.45) is 0 Å². The van der Waals surface area contributed by atoms with Crippen molar-refractivity contribution in [1.29, 1.82) is 0 Å². The average Bonchev–Trinajstić information content (AvgIpc) is 2.14. The highest BCUT2D eigenvalue weighted by atomic mass is 16.2. The molecule has 0 aliphatic carbocycles. The number of nitrogens with zero attached hydrogens (tertiary/aromatic N) is 2. The Balaban J connectivity index is 2.41. The summed E-state index contributed by atoms with van der Waals surface area (Å²) in [6.07, 6.45) is 1.59. The molecule has 1 fully saturated rings. The topological polar surface area (TPSA) is 40.6 Å². The first-order valence-electron chi connectivity index (χ1n) is 5.46. The van der Waals surface area contributed by atoms with Crippen LogP contribution in [-0.4, -0.2) is 54.7 Å². The third-order valence-corrected chi connectivity index (χ3v) is 2.83. The van der Waals surface area contributed by atoms with E-state index in [2.05, 4.69) is 11.8 Å². The molecule has 0 radical (unpaired) electrons. The van der Waals surface area contributed by atoms with E-state index in [1.54, 1.807) is 0 Å². The fourth-order valence-corrected chi connectivity index (χ4v) is 1.80. The normalized spacial score (nSPS) is 19.9. The molecule has 15 heavy (non-hydrogen) atoms. The highest BCUT2D eigenvalue weighted by Crippen LogP contribution is 2.13. The van der Waals surface area contributed by atoms with Crippen LogP contribution in [0.15, 0.2) is 0 Å². The average molecular weight is 212 g/mol. The zero-order valence-corrected chi connectivity index (χ0v) is 9.82. The van der Waals surface area contributed by atoms with Gasteiger partial charge < -0.3 is 9.80 Å². The van der Waals surface area contributed by atoms with Crippen LogP contribution in [0.4, 0.5) is 0 Å². The van der Waals surface area contributed by atoms with Crippen molar-refractivity contribution in [3.63, 3.8) is 0 Å². The van der Waals surface area contributed by atoms with Gasteiger partial charge in [-0.3, -0.25) is 9.59 Å². The van der Waals surface area contributed by atoms with Crippen LogP contribution in [0.1, 0.15) is 26.2 Å².